The molecule has 3 aromatic carbocycles. The minimum Gasteiger partial charge on any atom is -0.385 e. The van der Waals surface area contributed by atoms with Crippen molar-refractivity contribution >= 4 is 64.2 Å². The number of hydrogen-bond donors (Lipinski definition) is 4. The van der Waals surface area contributed by atoms with Gasteiger partial charge in [-0.05, 0) is 67.4 Å². The quantitative estimate of drug-likeness (QED) is 0.0806. The fraction of sp³-hybridized carbons (Fsp3) is 0.250. The summed E-state index contributed by atoms with van der Waals surface area (Å²) in [6, 6.07) is 11.9. The number of sulfone groups is 1. The third-order valence-corrected chi connectivity index (χ3v) is 9.38. The molecule has 0 saturated carbocycles. The number of hydrogen-bond acceptors (Lipinski definition) is 14. The lowest BCUT2D eigenvalue weighted by Gasteiger charge is -2.17. The van der Waals surface area contributed by atoms with Crippen LogP contribution in [0.1, 0.15) is 17.5 Å². The Morgan fingerprint density at radius 3 is 2.11 bits per heavy atom. The lowest BCUT2D eigenvalue weighted by atomic mass is 10.0. The minimum atomic E-state index is -4.85. The van der Waals surface area contributed by atoms with Crippen molar-refractivity contribution < 1.29 is 39.1 Å². The zero-order valence-electron chi connectivity index (χ0n) is 25.2. The zero-order chi connectivity index (χ0) is 34.8. The van der Waals surface area contributed by atoms with E-state index in [1.807, 2.05) is 0 Å². The Labute approximate surface area is 272 Å². The predicted octanol–water partition coefficient (Wildman–Crippen LogP) is 5.61. The largest absolute Gasteiger partial charge is 0.385 e. The summed E-state index contributed by atoms with van der Waals surface area (Å²) in [7, 11) is -11.2. The molecule has 250 valence electrons. The van der Waals surface area contributed by atoms with Crippen LogP contribution in [0, 0.1) is 18.3 Å². The van der Waals surface area contributed by atoms with Gasteiger partial charge in [-0.15, -0.1) is 10.2 Å². The zero-order valence-corrected chi connectivity index (χ0v) is 27.6. The van der Waals surface area contributed by atoms with Crippen molar-refractivity contribution in [1.29, 1.82) is 5.26 Å². The van der Waals surface area contributed by atoms with Crippen LogP contribution in [0.2, 0.25) is 0 Å². The summed E-state index contributed by atoms with van der Waals surface area (Å²) in [5, 5.41) is 33.0. The lowest BCUT2D eigenvalue weighted by Crippen LogP contribution is -2.15. The predicted molar refractivity (Wildman–Crippen MR) is 174 cm³/mol. The van der Waals surface area contributed by atoms with Gasteiger partial charge in [-0.1, -0.05) is 6.58 Å². The van der Waals surface area contributed by atoms with Crippen molar-refractivity contribution in [3.8, 4) is 6.07 Å². The Kier molecular flexibility index (Phi) is 12.4. The van der Waals surface area contributed by atoms with E-state index in [1.165, 1.54) is 24.3 Å². The molecule has 0 fully saturated rings. The third-order valence-electron chi connectivity index (χ3n) is 6.35. The maximum absolute atomic E-state index is 12.3. The number of rotatable bonds is 16. The third kappa shape index (κ3) is 10.5. The SMILES string of the molecule is C=CS(=O)(=O)CCNc1cc(NCCCOC)c(/N=N/c2ccc(/N=N/c3ccc(S(=O)(=O)O)cc3)cc2S(=O)(=O)O)c(C)c1C#N. The number of benzene rings is 3. The second kappa shape index (κ2) is 15.8. The second-order valence-electron chi connectivity index (χ2n) is 9.66. The number of nitrogens with zero attached hydrogens (tertiary/aromatic N) is 5. The van der Waals surface area contributed by atoms with Gasteiger partial charge in [-0.2, -0.15) is 32.3 Å². The molecule has 47 heavy (non-hydrogen) atoms. The summed E-state index contributed by atoms with van der Waals surface area (Å²) in [6.07, 6.45) is 0.597. The molecule has 0 aliphatic rings. The maximum Gasteiger partial charge on any atom is 0.296 e. The lowest BCUT2D eigenvalue weighted by molar-refractivity contribution is 0.198. The first-order valence-corrected chi connectivity index (χ1v) is 18.1. The number of anilines is 2. The molecule has 0 aliphatic heterocycles. The van der Waals surface area contributed by atoms with Gasteiger partial charge in [0.05, 0.1) is 39.0 Å². The van der Waals surface area contributed by atoms with Gasteiger partial charge in [0, 0.05) is 32.2 Å². The smallest absolute Gasteiger partial charge is 0.296 e. The van der Waals surface area contributed by atoms with E-state index in [2.05, 4.69) is 43.7 Å². The monoisotopic (exact) mass is 705 g/mol. The van der Waals surface area contributed by atoms with Crippen LogP contribution in [0.15, 0.2) is 90.8 Å². The fourth-order valence-electron chi connectivity index (χ4n) is 3.96. The van der Waals surface area contributed by atoms with Crippen LogP contribution < -0.4 is 10.6 Å². The summed E-state index contributed by atoms with van der Waals surface area (Å²) >= 11 is 0. The van der Waals surface area contributed by atoms with E-state index in [-0.39, 0.29) is 45.5 Å². The van der Waals surface area contributed by atoms with E-state index in [0.717, 1.165) is 23.6 Å². The summed E-state index contributed by atoms with van der Waals surface area (Å²) in [5.41, 5.74) is 1.32. The van der Waals surface area contributed by atoms with Crippen LogP contribution in [0.3, 0.4) is 0 Å². The molecule has 0 aromatic heterocycles. The summed E-state index contributed by atoms with van der Waals surface area (Å²) in [4.78, 5) is -0.996. The van der Waals surface area contributed by atoms with Gasteiger partial charge in [-0.3, -0.25) is 9.11 Å². The standard InChI is InChI=1S/C28H31N7O9S3/c1-4-45(36,37)15-13-31-25-17-26(30-12-5-14-44-3)28(19(2)23(25)18-29)35-34-24-11-8-21(16-27(24)47(41,42)43)33-32-20-6-9-22(10-7-20)46(38,39)40/h4,6-11,16-17,30-31H,1,5,12-15H2,2-3H3,(H,38,39,40)(H,41,42,43)/b33-32+,35-34+. The van der Waals surface area contributed by atoms with Crippen molar-refractivity contribution in [3.05, 3.63) is 71.6 Å². The normalized spacial score (nSPS) is 12.3. The molecule has 0 spiro atoms. The van der Waals surface area contributed by atoms with Crippen molar-refractivity contribution in [2.75, 3.05) is 43.2 Å². The van der Waals surface area contributed by atoms with E-state index < -0.39 is 35.0 Å². The van der Waals surface area contributed by atoms with Crippen molar-refractivity contribution in [1.82, 2.24) is 0 Å². The molecule has 3 aromatic rings. The van der Waals surface area contributed by atoms with Gasteiger partial charge >= 0.3 is 0 Å². The number of ether oxygens (including phenoxy) is 1. The van der Waals surface area contributed by atoms with Gasteiger partial charge in [0.1, 0.15) is 22.3 Å². The highest BCUT2D eigenvalue weighted by atomic mass is 32.2. The molecule has 3 rings (SSSR count). The Bertz CT molecular complexity index is 2060. The Morgan fingerprint density at radius 2 is 1.51 bits per heavy atom. The molecule has 0 aliphatic carbocycles. The fourth-order valence-corrected chi connectivity index (χ4v) is 5.64. The van der Waals surface area contributed by atoms with Crippen LogP contribution >= 0.6 is 0 Å². The van der Waals surface area contributed by atoms with E-state index >= 15 is 0 Å². The molecule has 19 heteroatoms. The van der Waals surface area contributed by atoms with Gasteiger partial charge in [0.15, 0.2) is 9.84 Å². The summed E-state index contributed by atoms with van der Waals surface area (Å²) in [5.74, 6) is -0.257. The molecule has 0 saturated heterocycles. The first-order valence-electron chi connectivity index (χ1n) is 13.5. The van der Waals surface area contributed by atoms with E-state index in [4.69, 9.17) is 9.29 Å². The average Bonchev–Trinajstić information content (AvgIpc) is 3.01. The van der Waals surface area contributed by atoms with Crippen LogP contribution in [0.5, 0.6) is 0 Å². The topological polar surface area (TPSA) is 249 Å². The van der Waals surface area contributed by atoms with E-state index in [0.29, 0.717) is 36.5 Å². The van der Waals surface area contributed by atoms with Gasteiger partial charge in [-0.25, -0.2) is 8.42 Å². The Balaban J connectivity index is 2.01. The summed E-state index contributed by atoms with van der Waals surface area (Å²) < 4.78 is 94.8. The first-order chi connectivity index (χ1) is 22.1. The molecule has 16 nitrogen and oxygen atoms in total. The van der Waals surface area contributed by atoms with Crippen molar-refractivity contribution in [2.24, 2.45) is 20.5 Å². The molecule has 0 heterocycles. The molecule has 0 amide bonds. The molecule has 0 unspecified atom stereocenters. The molecule has 0 atom stereocenters. The maximum atomic E-state index is 12.3. The van der Waals surface area contributed by atoms with E-state index in [1.54, 1.807) is 20.1 Å². The number of methoxy groups -OCH3 is 1. The molecule has 0 bridgehead atoms. The van der Waals surface area contributed by atoms with Crippen LogP contribution in [0.25, 0.3) is 0 Å². The number of nitriles is 1. The second-order valence-corrected chi connectivity index (χ2v) is 14.5. The van der Waals surface area contributed by atoms with Crippen LogP contribution in [-0.4, -0.2) is 66.9 Å². The summed E-state index contributed by atoms with van der Waals surface area (Å²) in [6.45, 7) is 5.73. The molecular weight excluding hydrogens is 675 g/mol. The van der Waals surface area contributed by atoms with E-state index in [9.17, 15) is 35.1 Å². The van der Waals surface area contributed by atoms with Gasteiger partial charge in [0.25, 0.3) is 20.2 Å². The Morgan fingerprint density at radius 1 is 0.872 bits per heavy atom. The number of azo groups is 2. The highest BCUT2D eigenvalue weighted by Crippen LogP contribution is 2.39. The molecular formula is C28H31N7O9S3. The minimum absolute atomic E-state index is 0.00669. The van der Waals surface area contributed by atoms with Crippen molar-refractivity contribution in [2.45, 2.75) is 23.1 Å². The number of nitrogens with one attached hydrogen (secondary N) is 2. The molecule has 4 N–H and O–H groups in total. The van der Waals surface area contributed by atoms with Crippen LogP contribution in [0.4, 0.5) is 34.1 Å². The highest BCUT2D eigenvalue weighted by Gasteiger charge is 2.19. The van der Waals surface area contributed by atoms with Crippen LogP contribution in [-0.2, 0) is 34.8 Å². The van der Waals surface area contributed by atoms with Gasteiger partial charge in [0.2, 0.25) is 0 Å². The molecule has 0 radical (unpaired) electrons. The highest BCUT2D eigenvalue weighted by molar-refractivity contribution is 7.94. The first kappa shape index (κ1) is 36.9. The van der Waals surface area contributed by atoms with Gasteiger partial charge < -0.3 is 15.4 Å². The van der Waals surface area contributed by atoms with Crippen molar-refractivity contribution in [3.63, 3.8) is 0 Å². The average molecular weight is 706 g/mol. The Hall–Kier alpha value is -4.58.